The first-order valence-corrected chi connectivity index (χ1v) is 7.48. The molecule has 0 aromatic heterocycles. The van der Waals surface area contributed by atoms with Gasteiger partial charge in [0.05, 0.1) is 17.8 Å². The Hall–Kier alpha value is -1.73. The first kappa shape index (κ1) is 22.3. The molecule has 1 aromatic rings. The topological polar surface area (TPSA) is 82.1 Å². The van der Waals surface area contributed by atoms with E-state index in [1.165, 1.54) is 0 Å². The van der Waals surface area contributed by atoms with Crippen LogP contribution in [-0.4, -0.2) is 72.9 Å². The van der Waals surface area contributed by atoms with E-state index in [0.717, 1.165) is 31.3 Å². The zero-order valence-electron chi connectivity index (χ0n) is 15.5. The summed E-state index contributed by atoms with van der Waals surface area (Å²) >= 11 is 0. The second-order valence-corrected chi connectivity index (χ2v) is 5.69. The molecule has 26 heavy (non-hydrogen) atoms. The van der Waals surface area contributed by atoms with Crippen LogP contribution in [0.25, 0.3) is 0 Å². The SMILES string of the molecule is CN1CCN(CC(=O)Nc2cc(C(=O)O)ccc2OC(F)(F)F)CC1.[H-].[Li+]. The van der Waals surface area contributed by atoms with Crippen LogP contribution in [0.3, 0.4) is 0 Å². The summed E-state index contributed by atoms with van der Waals surface area (Å²) in [5.74, 6) is -2.53. The van der Waals surface area contributed by atoms with Gasteiger partial charge in [0.25, 0.3) is 0 Å². The molecule has 0 spiro atoms. The van der Waals surface area contributed by atoms with E-state index in [4.69, 9.17) is 5.11 Å². The molecular formula is C15H19F3LiN3O4. The molecule has 1 amide bonds. The second kappa shape index (κ2) is 9.28. The smallest absolute Gasteiger partial charge is 1.00 e. The molecule has 2 rings (SSSR count). The predicted molar refractivity (Wildman–Crippen MR) is 83.8 cm³/mol. The number of amides is 1. The fourth-order valence-electron chi connectivity index (χ4n) is 2.37. The van der Waals surface area contributed by atoms with Crippen LogP contribution in [0, 0.1) is 0 Å². The molecule has 0 unspecified atom stereocenters. The van der Waals surface area contributed by atoms with Crippen molar-refractivity contribution in [3.63, 3.8) is 0 Å². The normalized spacial score (nSPS) is 15.8. The number of halogens is 3. The first-order chi connectivity index (χ1) is 11.6. The van der Waals surface area contributed by atoms with Crippen molar-refractivity contribution in [2.24, 2.45) is 0 Å². The Bertz CT molecular complexity index is 656. The van der Waals surface area contributed by atoms with Crippen molar-refractivity contribution in [3.05, 3.63) is 23.8 Å². The molecule has 11 heteroatoms. The van der Waals surface area contributed by atoms with E-state index in [0.29, 0.717) is 13.1 Å². The molecular weight excluding hydrogens is 350 g/mol. The summed E-state index contributed by atoms with van der Waals surface area (Å²) in [6.45, 7) is 2.88. The third kappa shape index (κ3) is 6.88. The standard InChI is InChI=1S/C15H18F3N3O4.Li.H/c1-20-4-6-21(7-5-20)9-13(22)19-11-8-10(14(23)24)2-3-12(11)25-15(16,17)18;;/h2-3,8H,4-7,9H2,1H3,(H,19,22)(H,23,24);;/q;+1;-1. The fraction of sp³-hybridized carbons (Fsp3) is 0.467. The molecule has 0 aliphatic carbocycles. The van der Waals surface area contributed by atoms with Crippen LogP contribution in [0.4, 0.5) is 18.9 Å². The summed E-state index contributed by atoms with van der Waals surface area (Å²) in [7, 11) is 1.95. The number of carboxylic acids is 1. The van der Waals surface area contributed by atoms with Gasteiger partial charge in [-0.3, -0.25) is 9.69 Å². The molecule has 140 valence electrons. The Kier molecular flexibility index (Phi) is 7.96. The van der Waals surface area contributed by atoms with E-state index < -0.39 is 24.0 Å². The predicted octanol–water partition coefficient (Wildman–Crippen LogP) is -1.41. The van der Waals surface area contributed by atoms with Crippen molar-refractivity contribution in [1.82, 2.24) is 9.80 Å². The van der Waals surface area contributed by atoms with Crippen LogP contribution in [0.5, 0.6) is 5.75 Å². The Morgan fingerprint density at radius 3 is 2.42 bits per heavy atom. The number of likely N-dealkylation sites (N-methyl/N-ethyl adjacent to an activating group) is 1. The average molecular weight is 369 g/mol. The summed E-state index contributed by atoms with van der Waals surface area (Å²) in [4.78, 5) is 27.1. The number of rotatable bonds is 5. The van der Waals surface area contributed by atoms with Crippen LogP contribution in [0.2, 0.25) is 0 Å². The summed E-state index contributed by atoms with van der Waals surface area (Å²) < 4.78 is 41.2. The number of aromatic carboxylic acids is 1. The van der Waals surface area contributed by atoms with E-state index in [9.17, 15) is 22.8 Å². The summed E-state index contributed by atoms with van der Waals surface area (Å²) in [6.07, 6.45) is -4.96. The molecule has 2 N–H and O–H groups in total. The number of nitrogens with one attached hydrogen (secondary N) is 1. The zero-order chi connectivity index (χ0) is 18.6. The van der Waals surface area contributed by atoms with Crippen molar-refractivity contribution in [2.75, 3.05) is 45.1 Å². The Labute approximate surface area is 161 Å². The average Bonchev–Trinajstić information content (AvgIpc) is 2.49. The molecule has 7 nitrogen and oxygen atoms in total. The molecule has 0 saturated carbocycles. The van der Waals surface area contributed by atoms with Gasteiger partial charge in [-0.2, -0.15) is 0 Å². The maximum absolute atomic E-state index is 12.5. The Balaban J connectivity index is 0.00000338. The second-order valence-electron chi connectivity index (χ2n) is 5.69. The van der Waals surface area contributed by atoms with Gasteiger partial charge in [-0.1, -0.05) is 0 Å². The number of piperazine rings is 1. The molecule has 1 aliphatic rings. The van der Waals surface area contributed by atoms with Gasteiger partial charge in [0, 0.05) is 26.2 Å². The van der Waals surface area contributed by atoms with Crippen LogP contribution in [-0.2, 0) is 4.79 Å². The first-order valence-electron chi connectivity index (χ1n) is 7.48. The number of benzene rings is 1. The molecule has 0 radical (unpaired) electrons. The van der Waals surface area contributed by atoms with E-state index in [1.54, 1.807) is 0 Å². The van der Waals surface area contributed by atoms with Gasteiger partial charge in [-0.25, -0.2) is 4.79 Å². The Morgan fingerprint density at radius 1 is 1.27 bits per heavy atom. The molecule has 0 bridgehead atoms. The van der Waals surface area contributed by atoms with Crippen molar-refractivity contribution in [2.45, 2.75) is 6.36 Å². The van der Waals surface area contributed by atoms with E-state index in [1.807, 2.05) is 11.9 Å². The van der Waals surface area contributed by atoms with E-state index in [-0.39, 0.29) is 38.1 Å². The third-order valence-corrected chi connectivity index (χ3v) is 3.69. The number of carboxylic acid groups (broad SMARTS) is 1. The number of carbonyl (C=O) groups excluding carboxylic acids is 1. The van der Waals surface area contributed by atoms with Crippen molar-refractivity contribution >= 4 is 17.6 Å². The number of hydrogen-bond donors (Lipinski definition) is 2. The van der Waals surface area contributed by atoms with Gasteiger partial charge < -0.3 is 21.5 Å². The maximum Gasteiger partial charge on any atom is 1.00 e. The zero-order valence-corrected chi connectivity index (χ0v) is 14.5. The minimum absolute atomic E-state index is 0. The fourth-order valence-corrected chi connectivity index (χ4v) is 2.37. The van der Waals surface area contributed by atoms with Gasteiger partial charge in [0.2, 0.25) is 5.91 Å². The molecule has 1 aromatic carbocycles. The van der Waals surface area contributed by atoms with Crippen LogP contribution in [0.1, 0.15) is 11.8 Å². The van der Waals surface area contributed by atoms with Gasteiger partial charge in [-0.15, -0.1) is 13.2 Å². The minimum atomic E-state index is -4.96. The molecule has 1 aliphatic heterocycles. The number of alkyl halides is 3. The van der Waals surface area contributed by atoms with Crippen molar-refractivity contribution in [3.8, 4) is 5.75 Å². The van der Waals surface area contributed by atoms with Crippen LogP contribution < -0.4 is 28.9 Å². The maximum atomic E-state index is 12.5. The summed E-state index contributed by atoms with van der Waals surface area (Å²) in [5.41, 5.74) is -0.597. The third-order valence-electron chi connectivity index (χ3n) is 3.69. The van der Waals surface area contributed by atoms with Crippen LogP contribution in [0.15, 0.2) is 18.2 Å². The quantitative estimate of drug-likeness (QED) is 0.621. The molecule has 1 saturated heterocycles. The number of ether oxygens (including phenoxy) is 1. The summed E-state index contributed by atoms with van der Waals surface area (Å²) in [6, 6.07) is 2.77. The monoisotopic (exact) mass is 369 g/mol. The van der Waals surface area contributed by atoms with Crippen LogP contribution >= 0.6 is 0 Å². The van der Waals surface area contributed by atoms with Gasteiger partial charge in [-0.05, 0) is 25.2 Å². The minimum Gasteiger partial charge on any atom is -1.00 e. The molecule has 1 heterocycles. The number of nitrogens with zero attached hydrogens (tertiary/aromatic N) is 2. The van der Waals surface area contributed by atoms with Gasteiger partial charge >= 0.3 is 31.2 Å². The number of carbonyl (C=O) groups is 2. The number of anilines is 1. The van der Waals surface area contributed by atoms with Gasteiger partial charge in [0.15, 0.2) is 5.75 Å². The summed E-state index contributed by atoms with van der Waals surface area (Å²) in [5, 5.41) is 11.3. The van der Waals surface area contributed by atoms with E-state index >= 15 is 0 Å². The molecule has 1 fully saturated rings. The molecule has 0 atom stereocenters. The largest absolute Gasteiger partial charge is 1.00 e. The Morgan fingerprint density at radius 2 is 1.88 bits per heavy atom. The van der Waals surface area contributed by atoms with Crippen molar-refractivity contribution in [1.29, 1.82) is 0 Å². The van der Waals surface area contributed by atoms with Crippen molar-refractivity contribution < 1.29 is 52.9 Å². The van der Waals surface area contributed by atoms with E-state index in [2.05, 4.69) is 15.0 Å². The number of hydrogen-bond acceptors (Lipinski definition) is 5. The van der Waals surface area contributed by atoms with Gasteiger partial charge in [0.1, 0.15) is 0 Å².